The lowest BCUT2D eigenvalue weighted by molar-refractivity contribution is -0.154. The molecule has 0 rings (SSSR count). The van der Waals surface area contributed by atoms with Crippen LogP contribution in [0.5, 0.6) is 0 Å². The fourth-order valence-corrected chi connectivity index (χ4v) is 6.43. The van der Waals surface area contributed by atoms with E-state index in [0.29, 0.717) is 13.0 Å². The molecule has 0 aliphatic rings. The first-order valence-electron chi connectivity index (χ1n) is 21.9. The number of esters is 1. The molecule has 0 aromatic carbocycles. The first-order chi connectivity index (χ1) is 26.9. The van der Waals surface area contributed by atoms with Crippen molar-refractivity contribution in [2.75, 3.05) is 33.0 Å². The molecule has 0 saturated heterocycles. The minimum atomic E-state index is -4.29. The first kappa shape index (κ1) is 52.9. The van der Waals surface area contributed by atoms with Crippen LogP contribution in [0, 0.1) is 0 Å². The smallest absolute Gasteiger partial charge is 0.457 e. The van der Waals surface area contributed by atoms with Gasteiger partial charge in [-0.15, -0.1) is 0 Å². The van der Waals surface area contributed by atoms with Crippen LogP contribution in [0.3, 0.4) is 0 Å². The molecular weight excluding hydrogens is 709 g/mol. The summed E-state index contributed by atoms with van der Waals surface area (Å²) in [5, 5.41) is 0. The van der Waals surface area contributed by atoms with Crippen LogP contribution in [0.4, 0.5) is 0 Å². The van der Waals surface area contributed by atoms with Gasteiger partial charge < -0.3 is 20.1 Å². The van der Waals surface area contributed by atoms with Crippen LogP contribution in [-0.2, 0) is 27.9 Å². The van der Waals surface area contributed by atoms with Crippen molar-refractivity contribution in [3.8, 4) is 0 Å². The Bertz CT molecular complexity index is 1070. The molecule has 0 radical (unpaired) electrons. The maximum absolute atomic E-state index is 12.6. The quantitative estimate of drug-likeness (QED) is 0.0272. The molecule has 0 bridgehead atoms. The van der Waals surface area contributed by atoms with E-state index < -0.39 is 13.9 Å². The van der Waals surface area contributed by atoms with E-state index in [-0.39, 0.29) is 32.3 Å². The zero-order chi connectivity index (χ0) is 40.2. The van der Waals surface area contributed by atoms with Gasteiger partial charge in [0.1, 0.15) is 6.10 Å². The molecule has 0 saturated carbocycles. The molecule has 8 nitrogen and oxygen atoms in total. The van der Waals surface area contributed by atoms with Gasteiger partial charge in [-0.3, -0.25) is 13.8 Å². The third-order valence-electron chi connectivity index (χ3n) is 8.86. The number of nitrogens with two attached hydrogens (primary N) is 1. The lowest BCUT2D eigenvalue weighted by atomic mass is 10.1. The Morgan fingerprint density at radius 2 is 1.02 bits per heavy atom. The molecule has 0 heterocycles. The van der Waals surface area contributed by atoms with Crippen molar-refractivity contribution < 1.29 is 32.8 Å². The number of rotatable bonds is 41. The summed E-state index contributed by atoms with van der Waals surface area (Å²) in [6.45, 7) is 4.72. The minimum Gasteiger partial charge on any atom is -0.457 e. The number of allylic oxidation sites excluding steroid dienone is 12. The zero-order valence-electron chi connectivity index (χ0n) is 35.1. The van der Waals surface area contributed by atoms with Crippen molar-refractivity contribution in [1.82, 2.24) is 0 Å². The number of phosphoric acid groups is 1. The number of phosphoric ester groups is 1. The van der Waals surface area contributed by atoms with Crippen molar-refractivity contribution in [2.45, 2.75) is 180 Å². The Labute approximate surface area is 337 Å². The van der Waals surface area contributed by atoms with Crippen molar-refractivity contribution in [1.29, 1.82) is 0 Å². The molecule has 318 valence electrons. The number of hydrogen-bond donors (Lipinski definition) is 2. The number of carbonyl (C=O) groups is 1. The van der Waals surface area contributed by atoms with Crippen LogP contribution in [0.15, 0.2) is 72.9 Å². The molecular formula is C46H82NO7P. The Kier molecular flexibility index (Phi) is 41.5. The summed E-state index contributed by atoms with van der Waals surface area (Å²) in [6, 6.07) is 0. The molecule has 0 aliphatic carbocycles. The standard InChI is InChI=1S/C46H82NO7P/c1-3-5-7-9-11-13-15-17-19-21-23-25-27-29-31-33-35-37-39-46(48)54-45(44-53-55(49,50)52-42-40-47)43-51-41-38-36-34-32-30-28-26-24-22-20-18-16-14-12-10-8-6-4-2/h6,8,12-15,18-21,24,26,45H,3-5,7,9-11,16-17,22-23,25,27-44,47H2,1-2H3,(H,49,50)/b8-6-,14-12-,15-13-,20-18-,21-19-,26-24-. The van der Waals surface area contributed by atoms with Gasteiger partial charge in [0.2, 0.25) is 0 Å². The van der Waals surface area contributed by atoms with Crippen LogP contribution >= 0.6 is 7.82 Å². The summed E-state index contributed by atoms with van der Waals surface area (Å²) in [4.78, 5) is 22.5. The largest absolute Gasteiger partial charge is 0.472 e. The summed E-state index contributed by atoms with van der Waals surface area (Å²) in [5.41, 5.74) is 5.37. The van der Waals surface area contributed by atoms with Crippen molar-refractivity contribution >= 4 is 13.8 Å². The molecule has 0 aromatic rings. The average Bonchev–Trinajstić information content (AvgIpc) is 3.17. The number of carbonyl (C=O) groups excluding carboxylic acids is 1. The molecule has 0 amide bonds. The zero-order valence-corrected chi connectivity index (χ0v) is 36.0. The highest BCUT2D eigenvalue weighted by Crippen LogP contribution is 2.43. The van der Waals surface area contributed by atoms with Gasteiger partial charge in [0.05, 0.1) is 19.8 Å². The van der Waals surface area contributed by atoms with Crippen molar-refractivity contribution in [2.24, 2.45) is 5.73 Å². The van der Waals surface area contributed by atoms with Crippen LogP contribution in [0.25, 0.3) is 0 Å². The molecule has 0 aliphatic heterocycles. The molecule has 0 spiro atoms. The fourth-order valence-electron chi connectivity index (χ4n) is 5.66. The highest BCUT2D eigenvalue weighted by atomic mass is 31.2. The van der Waals surface area contributed by atoms with Crippen molar-refractivity contribution in [3.05, 3.63) is 72.9 Å². The second kappa shape index (κ2) is 43.1. The van der Waals surface area contributed by atoms with Crippen molar-refractivity contribution in [3.63, 3.8) is 0 Å². The Balaban J connectivity index is 4.10. The third-order valence-corrected chi connectivity index (χ3v) is 9.84. The second-order valence-electron chi connectivity index (χ2n) is 14.2. The number of ether oxygens (including phenoxy) is 2. The molecule has 2 atom stereocenters. The van der Waals surface area contributed by atoms with Crippen LogP contribution in [0.2, 0.25) is 0 Å². The molecule has 9 heteroatoms. The average molecular weight is 792 g/mol. The van der Waals surface area contributed by atoms with E-state index in [1.54, 1.807) is 0 Å². The van der Waals surface area contributed by atoms with Gasteiger partial charge in [-0.2, -0.15) is 0 Å². The van der Waals surface area contributed by atoms with E-state index in [4.69, 9.17) is 24.3 Å². The number of hydrogen-bond acceptors (Lipinski definition) is 7. The Hall–Kier alpha value is -2.06. The molecule has 55 heavy (non-hydrogen) atoms. The van der Waals surface area contributed by atoms with Gasteiger partial charge in [0.15, 0.2) is 0 Å². The summed E-state index contributed by atoms with van der Waals surface area (Å²) in [5.74, 6) is -0.348. The summed E-state index contributed by atoms with van der Waals surface area (Å²) in [7, 11) is -4.29. The van der Waals surface area contributed by atoms with Crippen LogP contribution < -0.4 is 5.73 Å². The highest BCUT2D eigenvalue weighted by molar-refractivity contribution is 7.47. The van der Waals surface area contributed by atoms with Gasteiger partial charge in [0, 0.05) is 19.6 Å². The van der Waals surface area contributed by atoms with Crippen LogP contribution in [0.1, 0.15) is 174 Å². The number of unbranched alkanes of at least 4 members (excludes halogenated alkanes) is 16. The lowest BCUT2D eigenvalue weighted by Gasteiger charge is -2.20. The van der Waals surface area contributed by atoms with E-state index in [1.165, 1.54) is 70.6 Å². The second-order valence-corrected chi connectivity index (χ2v) is 15.6. The maximum Gasteiger partial charge on any atom is 0.472 e. The van der Waals surface area contributed by atoms with Gasteiger partial charge in [0.25, 0.3) is 0 Å². The van der Waals surface area contributed by atoms with E-state index >= 15 is 0 Å². The minimum absolute atomic E-state index is 0.0919. The van der Waals surface area contributed by atoms with E-state index in [9.17, 15) is 14.3 Å². The SMILES string of the molecule is CC/C=C\C/C=C\C/C=C\C/C=C\CCCCCCCOCC(COP(=O)(O)OCCN)OC(=O)CCCCCCCCC/C=C\C/C=C\CCCCCC. The summed E-state index contributed by atoms with van der Waals surface area (Å²) in [6.07, 6.45) is 53.4. The molecule has 2 unspecified atom stereocenters. The monoisotopic (exact) mass is 792 g/mol. The maximum atomic E-state index is 12.6. The van der Waals surface area contributed by atoms with Crippen LogP contribution in [-0.4, -0.2) is 49.9 Å². The van der Waals surface area contributed by atoms with E-state index in [0.717, 1.165) is 83.5 Å². The predicted octanol–water partition coefficient (Wildman–Crippen LogP) is 13.1. The topological polar surface area (TPSA) is 117 Å². The van der Waals surface area contributed by atoms with Gasteiger partial charge in [-0.25, -0.2) is 4.57 Å². The first-order valence-corrected chi connectivity index (χ1v) is 23.4. The van der Waals surface area contributed by atoms with E-state index in [2.05, 4.69) is 86.8 Å². The highest BCUT2D eigenvalue weighted by Gasteiger charge is 2.25. The molecule has 3 N–H and O–H groups in total. The third kappa shape index (κ3) is 42.9. The summed E-state index contributed by atoms with van der Waals surface area (Å²) >= 11 is 0. The summed E-state index contributed by atoms with van der Waals surface area (Å²) < 4.78 is 33.4. The van der Waals surface area contributed by atoms with Gasteiger partial charge >= 0.3 is 13.8 Å². The predicted molar refractivity (Wildman–Crippen MR) is 233 cm³/mol. The Morgan fingerprint density at radius 3 is 1.53 bits per heavy atom. The lowest BCUT2D eigenvalue weighted by Crippen LogP contribution is -2.28. The normalized spacial score (nSPS) is 14.2. The molecule has 0 fully saturated rings. The van der Waals surface area contributed by atoms with Gasteiger partial charge in [-0.1, -0.05) is 157 Å². The fraction of sp³-hybridized carbons (Fsp3) is 0.717. The Morgan fingerprint density at radius 1 is 0.564 bits per heavy atom. The molecule has 0 aromatic heterocycles. The van der Waals surface area contributed by atoms with E-state index in [1.807, 2.05) is 0 Å². The van der Waals surface area contributed by atoms with Gasteiger partial charge in [-0.05, 0) is 83.5 Å².